The number of carbonyl (C=O) groups is 1. The second kappa shape index (κ2) is 3.44. The Morgan fingerprint density at radius 2 is 2.06 bits per heavy atom. The van der Waals surface area contributed by atoms with Gasteiger partial charge in [-0.05, 0) is 36.8 Å². The van der Waals surface area contributed by atoms with Gasteiger partial charge in [0.15, 0.2) is 5.78 Å². The van der Waals surface area contributed by atoms with Crippen LogP contribution in [0.15, 0.2) is 24.4 Å². The summed E-state index contributed by atoms with van der Waals surface area (Å²) < 4.78 is 13.8. The largest absolute Gasteiger partial charge is 0.360 e. The van der Waals surface area contributed by atoms with Crippen molar-refractivity contribution in [2.24, 2.45) is 17.8 Å². The monoisotopic (exact) mass is 243 g/mol. The van der Waals surface area contributed by atoms with Crippen LogP contribution < -0.4 is 0 Å². The molecule has 92 valence electrons. The highest BCUT2D eigenvalue weighted by atomic mass is 19.1. The number of rotatable bonds is 2. The number of aromatic amines is 1. The molecule has 2 atom stereocenters. The molecule has 2 aliphatic rings. The maximum atomic E-state index is 13.8. The van der Waals surface area contributed by atoms with Crippen LogP contribution in [0.2, 0.25) is 0 Å². The van der Waals surface area contributed by atoms with Crippen LogP contribution in [0.4, 0.5) is 4.39 Å². The molecule has 0 aliphatic heterocycles. The molecule has 1 N–H and O–H groups in total. The molecule has 1 aromatic heterocycles. The Hall–Kier alpha value is -1.64. The van der Waals surface area contributed by atoms with Crippen molar-refractivity contribution in [3.63, 3.8) is 0 Å². The molecule has 0 amide bonds. The van der Waals surface area contributed by atoms with E-state index in [0.29, 0.717) is 28.3 Å². The van der Waals surface area contributed by atoms with Gasteiger partial charge >= 0.3 is 0 Å². The van der Waals surface area contributed by atoms with Crippen LogP contribution in [0.1, 0.15) is 29.6 Å². The summed E-state index contributed by atoms with van der Waals surface area (Å²) in [7, 11) is 0. The maximum Gasteiger partial charge on any atom is 0.168 e. The Bertz CT molecular complexity index is 635. The summed E-state index contributed by atoms with van der Waals surface area (Å²) in [4.78, 5) is 15.5. The fourth-order valence-corrected chi connectivity index (χ4v) is 3.72. The molecular formula is C15H14FNO. The van der Waals surface area contributed by atoms with Crippen LogP contribution in [0.25, 0.3) is 10.9 Å². The third kappa shape index (κ3) is 1.25. The Morgan fingerprint density at radius 3 is 2.83 bits per heavy atom. The first-order valence-electron chi connectivity index (χ1n) is 6.57. The topological polar surface area (TPSA) is 32.9 Å². The predicted molar refractivity (Wildman–Crippen MR) is 66.9 cm³/mol. The van der Waals surface area contributed by atoms with Crippen molar-refractivity contribution in [1.82, 2.24) is 4.98 Å². The van der Waals surface area contributed by atoms with Crippen molar-refractivity contribution in [3.8, 4) is 0 Å². The van der Waals surface area contributed by atoms with Gasteiger partial charge in [0.25, 0.3) is 0 Å². The molecule has 1 heterocycles. The van der Waals surface area contributed by atoms with E-state index >= 15 is 0 Å². The minimum absolute atomic E-state index is 0.140. The van der Waals surface area contributed by atoms with Gasteiger partial charge in [-0.25, -0.2) is 4.39 Å². The zero-order valence-corrected chi connectivity index (χ0v) is 9.95. The van der Waals surface area contributed by atoms with E-state index in [2.05, 4.69) is 4.98 Å². The van der Waals surface area contributed by atoms with E-state index in [0.717, 1.165) is 0 Å². The Balaban J connectivity index is 1.77. The van der Waals surface area contributed by atoms with Crippen molar-refractivity contribution in [1.29, 1.82) is 0 Å². The molecule has 2 unspecified atom stereocenters. The fourth-order valence-electron chi connectivity index (χ4n) is 3.72. The summed E-state index contributed by atoms with van der Waals surface area (Å²) in [5.74, 6) is 1.16. The number of aromatic nitrogens is 1. The number of fused-ring (bicyclic) bond motifs is 2. The van der Waals surface area contributed by atoms with E-state index in [-0.39, 0.29) is 17.5 Å². The van der Waals surface area contributed by atoms with Gasteiger partial charge in [0, 0.05) is 28.6 Å². The SMILES string of the molecule is O=C(c1c[nH]c2cccc(F)c12)C1C2CCCC21. The number of ketones is 1. The summed E-state index contributed by atoms with van der Waals surface area (Å²) in [6.07, 6.45) is 5.27. The molecule has 2 aromatic rings. The molecule has 2 saturated carbocycles. The third-order valence-corrected chi connectivity index (χ3v) is 4.63. The normalized spacial score (nSPS) is 29.5. The van der Waals surface area contributed by atoms with Crippen LogP contribution in [-0.2, 0) is 0 Å². The number of benzene rings is 1. The van der Waals surface area contributed by atoms with Crippen molar-refractivity contribution in [3.05, 3.63) is 35.8 Å². The Morgan fingerprint density at radius 1 is 1.28 bits per heavy atom. The van der Waals surface area contributed by atoms with E-state index < -0.39 is 0 Å². The molecule has 0 saturated heterocycles. The average Bonchev–Trinajstić information content (AvgIpc) is 2.79. The van der Waals surface area contributed by atoms with E-state index in [1.165, 1.54) is 25.3 Å². The predicted octanol–water partition coefficient (Wildman–Crippen LogP) is 3.54. The zero-order valence-electron chi connectivity index (χ0n) is 9.95. The second-order valence-electron chi connectivity index (χ2n) is 5.51. The van der Waals surface area contributed by atoms with Gasteiger partial charge in [0.1, 0.15) is 5.82 Å². The first-order chi connectivity index (χ1) is 8.77. The van der Waals surface area contributed by atoms with Crippen molar-refractivity contribution in [2.45, 2.75) is 19.3 Å². The number of hydrogen-bond acceptors (Lipinski definition) is 1. The van der Waals surface area contributed by atoms with Crippen molar-refractivity contribution < 1.29 is 9.18 Å². The Kier molecular flexibility index (Phi) is 1.97. The molecule has 2 aliphatic carbocycles. The highest BCUT2D eigenvalue weighted by Crippen LogP contribution is 2.58. The van der Waals surface area contributed by atoms with E-state index in [1.807, 2.05) is 6.07 Å². The summed E-state index contributed by atoms with van der Waals surface area (Å²) >= 11 is 0. The van der Waals surface area contributed by atoms with Gasteiger partial charge in [-0.15, -0.1) is 0 Å². The third-order valence-electron chi connectivity index (χ3n) is 4.63. The lowest BCUT2D eigenvalue weighted by Gasteiger charge is -2.02. The van der Waals surface area contributed by atoms with Gasteiger partial charge in [0.05, 0.1) is 0 Å². The molecule has 0 spiro atoms. The van der Waals surface area contributed by atoms with Gasteiger partial charge in [-0.1, -0.05) is 12.5 Å². The molecule has 1 aromatic carbocycles. The molecular weight excluding hydrogens is 229 g/mol. The summed E-state index contributed by atoms with van der Waals surface area (Å²) in [5, 5.41) is 0.465. The van der Waals surface area contributed by atoms with Crippen LogP contribution in [0.3, 0.4) is 0 Å². The summed E-state index contributed by atoms with van der Waals surface area (Å²) in [5.41, 5.74) is 1.26. The van der Waals surface area contributed by atoms with Gasteiger partial charge < -0.3 is 4.98 Å². The Labute approximate surface area is 104 Å². The molecule has 4 rings (SSSR count). The first-order valence-corrected chi connectivity index (χ1v) is 6.57. The van der Waals surface area contributed by atoms with Crippen LogP contribution in [-0.4, -0.2) is 10.8 Å². The van der Waals surface area contributed by atoms with Crippen molar-refractivity contribution >= 4 is 16.7 Å². The molecule has 18 heavy (non-hydrogen) atoms. The molecule has 0 bridgehead atoms. The standard InChI is InChI=1S/C15H14FNO/c16-11-5-2-6-12-14(11)10(7-17-12)15(18)13-8-3-1-4-9(8)13/h2,5-9,13,17H,1,3-4H2. The number of halogens is 1. The number of hydrogen-bond donors (Lipinski definition) is 1. The van der Waals surface area contributed by atoms with Gasteiger partial charge in [0.2, 0.25) is 0 Å². The zero-order chi connectivity index (χ0) is 12.3. The van der Waals surface area contributed by atoms with Crippen LogP contribution in [0, 0.1) is 23.6 Å². The second-order valence-corrected chi connectivity index (χ2v) is 5.51. The number of nitrogens with one attached hydrogen (secondary N) is 1. The summed E-state index contributed by atoms with van der Waals surface area (Å²) in [6, 6.07) is 4.89. The lowest BCUT2D eigenvalue weighted by Crippen LogP contribution is -2.06. The van der Waals surface area contributed by atoms with Crippen LogP contribution >= 0.6 is 0 Å². The fraction of sp³-hybridized carbons (Fsp3) is 0.400. The number of H-pyrrole nitrogens is 1. The lowest BCUT2D eigenvalue weighted by molar-refractivity contribution is 0.0953. The maximum absolute atomic E-state index is 13.8. The minimum atomic E-state index is -0.303. The molecule has 2 fully saturated rings. The van der Waals surface area contributed by atoms with Crippen LogP contribution in [0.5, 0.6) is 0 Å². The molecule has 0 radical (unpaired) electrons. The van der Waals surface area contributed by atoms with Gasteiger partial charge in [-0.2, -0.15) is 0 Å². The lowest BCUT2D eigenvalue weighted by atomic mass is 10.0. The minimum Gasteiger partial charge on any atom is -0.360 e. The average molecular weight is 243 g/mol. The van der Waals surface area contributed by atoms with E-state index in [1.54, 1.807) is 12.3 Å². The number of Topliss-reactive ketones (excluding diaryl/α,β-unsaturated/α-hetero) is 1. The number of carbonyl (C=O) groups excluding carboxylic acids is 1. The van der Waals surface area contributed by atoms with E-state index in [4.69, 9.17) is 0 Å². The molecule has 2 nitrogen and oxygen atoms in total. The summed E-state index contributed by atoms with van der Waals surface area (Å²) in [6.45, 7) is 0. The van der Waals surface area contributed by atoms with E-state index in [9.17, 15) is 9.18 Å². The van der Waals surface area contributed by atoms with Crippen molar-refractivity contribution in [2.75, 3.05) is 0 Å². The highest BCUT2D eigenvalue weighted by Gasteiger charge is 2.56. The highest BCUT2D eigenvalue weighted by molar-refractivity contribution is 6.10. The quantitative estimate of drug-likeness (QED) is 0.804. The van der Waals surface area contributed by atoms with Gasteiger partial charge in [-0.3, -0.25) is 4.79 Å². The molecule has 3 heteroatoms. The first kappa shape index (κ1) is 10.3. The smallest absolute Gasteiger partial charge is 0.168 e.